The lowest BCUT2D eigenvalue weighted by Gasteiger charge is -2.22. The summed E-state index contributed by atoms with van der Waals surface area (Å²) in [6.45, 7) is 0.855. The first-order valence-corrected chi connectivity index (χ1v) is 8.02. The Hall–Kier alpha value is -0.510. The highest BCUT2D eigenvalue weighted by Gasteiger charge is 2.08. The molecule has 0 radical (unpaired) electrons. The van der Waals surface area contributed by atoms with Gasteiger partial charge in [0.15, 0.2) is 0 Å². The Morgan fingerprint density at radius 3 is 2.26 bits per heavy atom. The predicted molar refractivity (Wildman–Crippen MR) is 89.9 cm³/mol. The molecule has 0 amide bonds. The van der Waals surface area contributed by atoms with E-state index in [1.54, 1.807) is 0 Å². The highest BCUT2D eigenvalue weighted by atomic mass is 79.9. The van der Waals surface area contributed by atoms with Crippen molar-refractivity contribution in [3.63, 3.8) is 0 Å². The second-order valence-electron chi connectivity index (χ2n) is 4.39. The van der Waals surface area contributed by atoms with Crippen molar-refractivity contribution < 1.29 is 0 Å². The first-order chi connectivity index (χ1) is 9.10. The average Bonchev–Trinajstić information content (AvgIpc) is 2.41. The predicted octanol–water partition coefficient (Wildman–Crippen LogP) is 5.59. The number of alkyl halides is 1. The van der Waals surface area contributed by atoms with Gasteiger partial charge in [-0.25, -0.2) is 0 Å². The molecule has 4 heteroatoms. The maximum atomic E-state index is 6.00. The lowest BCUT2D eigenvalue weighted by molar-refractivity contribution is 0.915. The summed E-state index contributed by atoms with van der Waals surface area (Å²) >= 11 is 13.0. The van der Waals surface area contributed by atoms with E-state index in [2.05, 4.69) is 80.2 Å². The summed E-state index contributed by atoms with van der Waals surface area (Å²) in [6, 6.07) is 14.6. The van der Waals surface area contributed by atoms with E-state index in [0.29, 0.717) is 5.88 Å². The van der Waals surface area contributed by atoms with E-state index < -0.39 is 0 Å². The van der Waals surface area contributed by atoms with Gasteiger partial charge in [0.2, 0.25) is 0 Å². The van der Waals surface area contributed by atoms with Crippen LogP contribution < -0.4 is 4.90 Å². The largest absolute Gasteiger partial charge is 0.370 e. The molecule has 0 aromatic heterocycles. The molecule has 2 rings (SSSR count). The molecule has 0 unspecified atom stereocenters. The van der Waals surface area contributed by atoms with Crippen molar-refractivity contribution in [2.24, 2.45) is 0 Å². The van der Waals surface area contributed by atoms with Crippen molar-refractivity contribution in [3.05, 3.63) is 62.5 Å². The molecule has 100 valence electrons. The van der Waals surface area contributed by atoms with Gasteiger partial charge in [-0.15, -0.1) is 11.6 Å². The van der Waals surface area contributed by atoms with Crippen LogP contribution in [0.4, 0.5) is 5.69 Å². The molecule has 0 N–H and O–H groups in total. The van der Waals surface area contributed by atoms with Crippen molar-refractivity contribution in [1.82, 2.24) is 0 Å². The van der Waals surface area contributed by atoms with Crippen LogP contribution in [0.25, 0.3) is 0 Å². The normalized spacial score (nSPS) is 10.5. The van der Waals surface area contributed by atoms with Gasteiger partial charge in [-0.2, -0.15) is 0 Å². The SMILES string of the molecule is CN(Cc1ccc(Br)cc1)c1cc(Br)ccc1CCl. The van der Waals surface area contributed by atoms with Gasteiger partial charge in [-0.1, -0.05) is 50.1 Å². The minimum atomic E-state index is 0.521. The first-order valence-electron chi connectivity index (χ1n) is 5.90. The highest BCUT2D eigenvalue weighted by molar-refractivity contribution is 9.10. The smallest absolute Gasteiger partial charge is 0.0494 e. The molecule has 0 spiro atoms. The topological polar surface area (TPSA) is 3.24 Å². The minimum absolute atomic E-state index is 0.521. The number of hydrogen-bond donors (Lipinski definition) is 0. The quantitative estimate of drug-likeness (QED) is 0.602. The summed E-state index contributed by atoms with van der Waals surface area (Å²) in [6.07, 6.45) is 0. The molecule has 0 bridgehead atoms. The molecular formula is C15H14Br2ClN. The molecule has 1 nitrogen and oxygen atoms in total. The van der Waals surface area contributed by atoms with Crippen LogP contribution in [-0.2, 0) is 12.4 Å². The molecule has 0 aliphatic heterocycles. The fourth-order valence-corrected chi connectivity index (χ4v) is 2.79. The van der Waals surface area contributed by atoms with Gasteiger partial charge < -0.3 is 4.90 Å². The Balaban J connectivity index is 2.21. The van der Waals surface area contributed by atoms with E-state index >= 15 is 0 Å². The first kappa shape index (κ1) is 14.9. The molecule has 0 heterocycles. The van der Waals surface area contributed by atoms with E-state index in [0.717, 1.165) is 26.7 Å². The van der Waals surface area contributed by atoms with Crippen LogP contribution in [0.15, 0.2) is 51.4 Å². The Labute approximate surface area is 135 Å². The molecule has 0 atom stereocenters. The summed E-state index contributed by atoms with van der Waals surface area (Å²) in [7, 11) is 2.08. The van der Waals surface area contributed by atoms with Crippen molar-refractivity contribution in [3.8, 4) is 0 Å². The monoisotopic (exact) mass is 401 g/mol. The molecular weight excluding hydrogens is 389 g/mol. The lowest BCUT2D eigenvalue weighted by atomic mass is 10.1. The zero-order valence-corrected chi connectivity index (χ0v) is 14.5. The third kappa shape index (κ3) is 3.98. The van der Waals surface area contributed by atoms with Crippen LogP contribution in [0, 0.1) is 0 Å². The number of hydrogen-bond acceptors (Lipinski definition) is 1. The summed E-state index contributed by atoms with van der Waals surface area (Å²) in [5, 5.41) is 0. The van der Waals surface area contributed by atoms with E-state index in [1.165, 1.54) is 5.56 Å². The minimum Gasteiger partial charge on any atom is -0.370 e. The van der Waals surface area contributed by atoms with Crippen LogP contribution in [-0.4, -0.2) is 7.05 Å². The van der Waals surface area contributed by atoms with E-state index in [4.69, 9.17) is 11.6 Å². The van der Waals surface area contributed by atoms with Gasteiger partial charge in [0.25, 0.3) is 0 Å². The third-order valence-electron chi connectivity index (χ3n) is 2.94. The highest BCUT2D eigenvalue weighted by Crippen LogP contribution is 2.27. The number of anilines is 1. The second kappa shape index (κ2) is 6.78. The standard InChI is InChI=1S/C15H14Br2ClN/c1-19(10-11-2-5-13(16)6-3-11)15-8-14(17)7-4-12(15)9-18/h2-8H,9-10H2,1H3. The van der Waals surface area contributed by atoms with Crippen molar-refractivity contribution in [1.29, 1.82) is 0 Å². The van der Waals surface area contributed by atoms with Gasteiger partial charge in [0.1, 0.15) is 0 Å². The fraction of sp³-hybridized carbons (Fsp3) is 0.200. The summed E-state index contributed by atoms with van der Waals surface area (Å²) < 4.78 is 2.17. The zero-order valence-electron chi connectivity index (χ0n) is 10.5. The van der Waals surface area contributed by atoms with E-state index in [1.807, 2.05) is 6.07 Å². The summed E-state index contributed by atoms with van der Waals surface area (Å²) in [5.74, 6) is 0.521. The van der Waals surface area contributed by atoms with Gasteiger partial charge in [0.05, 0.1) is 0 Å². The van der Waals surface area contributed by atoms with Gasteiger partial charge >= 0.3 is 0 Å². The lowest BCUT2D eigenvalue weighted by Crippen LogP contribution is -2.17. The Morgan fingerprint density at radius 2 is 1.63 bits per heavy atom. The summed E-state index contributed by atoms with van der Waals surface area (Å²) in [5.41, 5.74) is 3.57. The molecule has 0 saturated heterocycles. The second-order valence-corrected chi connectivity index (χ2v) is 6.49. The third-order valence-corrected chi connectivity index (χ3v) is 4.25. The van der Waals surface area contributed by atoms with Crippen LogP contribution in [0.5, 0.6) is 0 Å². The van der Waals surface area contributed by atoms with Crippen LogP contribution >= 0.6 is 43.5 Å². The Kier molecular flexibility index (Phi) is 5.31. The Morgan fingerprint density at radius 1 is 1.00 bits per heavy atom. The molecule has 0 aliphatic carbocycles. The fourth-order valence-electron chi connectivity index (χ4n) is 1.95. The zero-order chi connectivity index (χ0) is 13.8. The average molecular weight is 404 g/mol. The van der Waals surface area contributed by atoms with Crippen LogP contribution in [0.2, 0.25) is 0 Å². The Bertz CT molecular complexity index is 555. The maximum Gasteiger partial charge on any atom is 0.0494 e. The summed E-state index contributed by atoms with van der Waals surface area (Å²) in [4.78, 5) is 2.21. The van der Waals surface area contributed by atoms with E-state index in [9.17, 15) is 0 Å². The molecule has 2 aromatic carbocycles. The van der Waals surface area contributed by atoms with Crippen LogP contribution in [0.1, 0.15) is 11.1 Å². The number of halogens is 3. The van der Waals surface area contributed by atoms with Crippen molar-refractivity contribution in [2.45, 2.75) is 12.4 Å². The molecule has 0 aliphatic rings. The van der Waals surface area contributed by atoms with Gasteiger partial charge in [0, 0.05) is 34.1 Å². The molecule has 0 saturated carbocycles. The number of benzene rings is 2. The van der Waals surface area contributed by atoms with Crippen molar-refractivity contribution in [2.75, 3.05) is 11.9 Å². The van der Waals surface area contributed by atoms with Gasteiger partial charge in [-0.05, 0) is 35.4 Å². The molecule has 19 heavy (non-hydrogen) atoms. The van der Waals surface area contributed by atoms with Crippen molar-refractivity contribution >= 4 is 49.1 Å². The number of rotatable bonds is 4. The van der Waals surface area contributed by atoms with E-state index in [-0.39, 0.29) is 0 Å². The molecule has 2 aromatic rings. The van der Waals surface area contributed by atoms with Gasteiger partial charge in [-0.3, -0.25) is 0 Å². The number of nitrogens with zero attached hydrogens (tertiary/aromatic N) is 1. The van der Waals surface area contributed by atoms with Crippen LogP contribution in [0.3, 0.4) is 0 Å². The molecule has 0 fully saturated rings. The maximum absolute atomic E-state index is 6.00.